The van der Waals surface area contributed by atoms with Crippen molar-refractivity contribution < 1.29 is 0 Å². The van der Waals surface area contributed by atoms with Crippen LogP contribution in [0.3, 0.4) is 0 Å². The SMILES string of the molecule is CCCNc1ccc(C)nc1C. The summed E-state index contributed by atoms with van der Waals surface area (Å²) < 4.78 is 0. The quantitative estimate of drug-likeness (QED) is 0.742. The van der Waals surface area contributed by atoms with Crippen LogP contribution in [0.15, 0.2) is 12.1 Å². The first kappa shape index (κ1) is 9.04. The molecule has 1 heterocycles. The number of aryl methyl sites for hydroxylation is 2. The molecule has 1 aromatic heterocycles. The van der Waals surface area contributed by atoms with Crippen LogP contribution in [-0.4, -0.2) is 11.5 Å². The predicted octanol–water partition coefficient (Wildman–Crippen LogP) is 2.52. The number of nitrogens with zero attached hydrogens (tertiary/aromatic N) is 1. The summed E-state index contributed by atoms with van der Waals surface area (Å²) in [7, 11) is 0. The molecule has 0 spiro atoms. The number of aromatic nitrogens is 1. The highest BCUT2D eigenvalue weighted by molar-refractivity contribution is 5.47. The van der Waals surface area contributed by atoms with Crippen molar-refractivity contribution in [2.24, 2.45) is 0 Å². The molecule has 0 aliphatic rings. The highest BCUT2D eigenvalue weighted by Gasteiger charge is 1.96. The average molecular weight is 164 g/mol. The maximum absolute atomic E-state index is 4.36. The van der Waals surface area contributed by atoms with E-state index in [2.05, 4.69) is 23.3 Å². The first-order chi connectivity index (χ1) is 5.74. The van der Waals surface area contributed by atoms with Gasteiger partial charge in [0.25, 0.3) is 0 Å². The third kappa shape index (κ3) is 2.22. The van der Waals surface area contributed by atoms with Crippen LogP contribution in [0.25, 0.3) is 0 Å². The van der Waals surface area contributed by atoms with Crippen LogP contribution < -0.4 is 5.32 Å². The van der Waals surface area contributed by atoms with Gasteiger partial charge in [-0.1, -0.05) is 6.92 Å². The summed E-state index contributed by atoms with van der Waals surface area (Å²) in [5.41, 5.74) is 3.32. The molecule has 0 unspecified atom stereocenters. The van der Waals surface area contributed by atoms with Crippen LogP contribution in [0.2, 0.25) is 0 Å². The zero-order valence-electron chi connectivity index (χ0n) is 8.02. The summed E-state index contributed by atoms with van der Waals surface area (Å²) >= 11 is 0. The highest BCUT2D eigenvalue weighted by atomic mass is 14.9. The first-order valence-electron chi connectivity index (χ1n) is 4.42. The number of pyridine rings is 1. The normalized spacial score (nSPS) is 9.92. The van der Waals surface area contributed by atoms with Gasteiger partial charge in [-0.05, 0) is 32.4 Å². The van der Waals surface area contributed by atoms with Crippen molar-refractivity contribution in [3.8, 4) is 0 Å². The lowest BCUT2D eigenvalue weighted by atomic mass is 10.2. The molecule has 12 heavy (non-hydrogen) atoms. The van der Waals surface area contributed by atoms with Crippen LogP contribution in [0.5, 0.6) is 0 Å². The van der Waals surface area contributed by atoms with E-state index >= 15 is 0 Å². The largest absolute Gasteiger partial charge is 0.384 e. The number of anilines is 1. The molecule has 0 aliphatic carbocycles. The van der Waals surface area contributed by atoms with Gasteiger partial charge in [-0.2, -0.15) is 0 Å². The van der Waals surface area contributed by atoms with Crippen LogP contribution in [-0.2, 0) is 0 Å². The molecule has 0 bridgehead atoms. The van der Waals surface area contributed by atoms with Crippen molar-refractivity contribution >= 4 is 5.69 Å². The fourth-order valence-corrected chi connectivity index (χ4v) is 1.13. The van der Waals surface area contributed by atoms with Crippen LogP contribution >= 0.6 is 0 Å². The molecule has 0 atom stereocenters. The standard InChI is InChI=1S/C10H16N2/c1-4-7-11-10-6-5-8(2)12-9(10)3/h5-6,11H,4,7H2,1-3H3. The number of rotatable bonds is 3. The lowest BCUT2D eigenvalue weighted by Gasteiger charge is -2.07. The molecule has 2 nitrogen and oxygen atoms in total. The second-order valence-corrected chi connectivity index (χ2v) is 3.01. The van der Waals surface area contributed by atoms with Gasteiger partial charge < -0.3 is 5.32 Å². The number of hydrogen-bond donors (Lipinski definition) is 1. The molecule has 66 valence electrons. The minimum absolute atomic E-state index is 1.02. The smallest absolute Gasteiger partial charge is 0.0606 e. The van der Waals surface area contributed by atoms with E-state index < -0.39 is 0 Å². The second kappa shape index (κ2) is 4.10. The van der Waals surface area contributed by atoms with Gasteiger partial charge in [-0.15, -0.1) is 0 Å². The fraction of sp³-hybridized carbons (Fsp3) is 0.500. The lowest BCUT2D eigenvalue weighted by Crippen LogP contribution is -2.02. The Kier molecular flexibility index (Phi) is 3.09. The molecule has 0 aromatic carbocycles. The average Bonchev–Trinajstić information content (AvgIpc) is 2.03. The molecule has 2 heteroatoms. The van der Waals surface area contributed by atoms with Gasteiger partial charge in [0.05, 0.1) is 11.4 Å². The Hall–Kier alpha value is -1.05. The zero-order chi connectivity index (χ0) is 8.97. The molecular formula is C10H16N2. The summed E-state index contributed by atoms with van der Waals surface area (Å²) in [6, 6.07) is 4.12. The van der Waals surface area contributed by atoms with Crippen molar-refractivity contribution in [2.45, 2.75) is 27.2 Å². The van der Waals surface area contributed by atoms with Gasteiger partial charge in [0.2, 0.25) is 0 Å². The van der Waals surface area contributed by atoms with Crippen LogP contribution in [0.1, 0.15) is 24.7 Å². The van der Waals surface area contributed by atoms with Crippen molar-refractivity contribution in [1.82, 2.24) is 4.98 Å². The Morgan fingerprint density at radius 2 is 2.08 bits per heavy atom. The third-order valence-electron chi connectivity index (χ3n) is 1.79. The van der Waals surface area contributed by atoms with E-state index in [0.717, 1.165) is 30.0 Å². The van der Waals surface area contributed by atoms with E-state index in [0.29, 0.717) is 0 Å². The Bertz CT molecular complexity index is 256. The summed E-state index contributed by atoms with van der Waals surface area (Å²) in [5, 5.41) is 3.33. The summed E-state index contributed by atoms with van der Waals surface area (Å²) in [6.45, 7) is 7.22. The third-order valence-corrected chi connectivity index (χ3v) is 1.79. The molecule has 0 fully saturated rings. The first-order valence-corrected chi connectivity index (χ1v) is 4.42. The minimum atomic E-state index is 1.02. The molecule has 1 aromatic rings. The van der Waals surface area contributed by atoms with Crippen molar-refractivity contribution in [2.75, 3.05) is 11.9 Å². The monoisotopic (exact) mass is 164 g/mol. The van der Waals surface area contributed by atoms with Crippen molar-refractivity contribution in [3.63, 3.8) is 0 Å². The Morgan fingerprint density at radius 3 is 2.67 bits per heavy atom. The topological polar surface area (TPSA) is 24.9 Å². The zero-order valence-corrected chi connectivity index (χ0v) is 8.02. The van der Waals surface area contributed by atoms with E-state index in [9.17, 15) is 0 Å². The molecule has 1 rings (SSSR count). The Balaban J connectivity index is 2.72. The minimum Gasteiger partial charge on any atom is -0.384 e. The predicted molar refractivity (Wildman–Crippen MR) is 52.5 cm³/mol. The Labute approximate surface area is 74.0 Å². The lowest BCUT2D eigenvalue weighted by molar-refractivity contribution is 0.970. The summed E-state index contributed by atoms with van der Waals surface area (Å²) in [4.78, 5) is 4.36. The van der Waals surface area contributed by atoms with Gasteiger partial charge in [0.1, 0.15) is 0 Å². The molecule has 1 N–H and O–H groups in total. The maximum atomic E-state index is 4.36. The van der Waals surface area contributed by atoms with Gasteiger partial charge in [-0.3, -0.25) is 4.98 Å². The van der Waals surface area contributed by atoms with E-state index in [-0.39, 0.29) is 0 Å². The van der Waals surface area contributed by atoms with Gasteiger partial charge in [0, 0.05) is 12.2 Å². The van der Waals surface area contributed by atoms with Gasteiger partial charge in [0.15, 0.2) is 0 Å². The second-order valence-electron chi connectivity index (χ2n) is 3.01. The maximum Gasteiger partial charge on any atom is 0.0606 e. The molecule has 0 aliphatic heterocycles. The van der Waals surface area contributed by atoms with E-state index in [4.69, 9.17) is 0 Å². The number of nitrogens with one attached hydrogen (secondary N) is 1. The highest BCUT2D eigenvalue weighted by Crippen LogP contribution is 2.11. The van der Waals surface area contributed by atoms with E-state index in [1.165, 1.54) is 0 Å². The molecule has 0 radical (unpaired) electrons. The summed E-state index contributed by atoms with van der Waals surface area (Å²) in [5.74, 6) is 0. The van der Waals surface area contributed by atoms with E-state index in [1.54, 1.807) is 0 Å². The Morgan fingerprint density at radius 1 is 1.33 bits per heavy atom. The van der Waals surface area contributed by atoms with E-state index in [1.807, 2.05) is 19.9 Å². The van der Waals surface area contributed by atoms with Crippen molar-refractivity contribution in [3.05, 3.63) is 23.5 Å². The fourth-order valence-electron chi connectivity index (χ4n) is 1.13. The van der Waals surface area contributed by atoms with Crippen LogP contribution in [0, 0.1) is 13.8 Å². The van der Waals surface area contributed by atoms with Crippen molar-refractivity contribution in [1.29, 1.82) is 0 Å². The molecule has 0 saturated heterocycles. The molecule has 0 saturated carbocycles. The van der Waals surface area contributed by atoms with Gasteiger partial charge in [-0.25, -0.2) is 0 Å². The molecular weight excluding hydrogens is 148 g/mol. The summed E-state index contributed by atoms with van der Waals surface area (Å²) in [6.07, 6.45) is 1.15. The molecule has 0 amide bonds. The number of hydrogen-bond acceptors (Lipinski definition) is 2. The van der Waals surface area contributed by atoms with Crippen LogP contribution in [0.4, 0.5) is 5.69 Å². The van der Waals surface area contributed by atoms with Gasteiger partial charge >= 0.3 is 0 Å².